The minimum absolute atomic E-state index is 0.391. The maximum Gasteiger partial charge on any atom is 0.0551 e. The Hall–Kier alpha value is -0.0500. The van der Waals surface area contributed by atoms with Gasteiger partial charge in [0.25, 0.3) is 0 Å². The highest BCUT2D eigenvalue weighted by molar-refractivity contribution is 9.10. The minimum atomic E-state index is 0.391. The molecule has 3 heteroatoms. The molecule has 0 saturated heterocycles. The molecule has 1 aromatic carbocycles. The van der Waals surface area contributed by atoms with Gasteiger partial charge in [-0.3, -0.25) is 0 Å². The highest BCUT2D eigenvalue weighted by atomic mass is 79.9. The van der Waals surface area contributed by atoms with E-state index in [1.807, 2.05) is 19.2 Å². The zero-order valence-corrected chi connectivity index (χ0v) is 13.1. The number of hydrogen-bond donors (Lipinski definition) is 1. The first-order chi connectivity index (χ1) is 8.08. The average Bonchev–Trinajstić information content (AvgIpc) is 2.30. The molecule has 0 amide bonds. The summed E-state index contributed by atoms with van der Waals surface area (Å²) in [5.41, 5.74) is 1.27. The Kier molecular flexibility index (Phi) is 6.53. The predicted octanol–water partition coefficient (Wildman–Crippen LogP) is 5.19. The molecule has 0 fully saturated rings. The maximum atomic E-state index is 6.14. The van der Waals surface area contributed by atoms with Crippen molar-refractivity contribution in [3.8, 4) is 0 Å². The number of benzene rings is 1. The summed E-state index contributed by atoms with van der Waals surface area (Å²) in [6, 6.07) is 6.59. The lowest BCUT2D eigenvalue weighted by Gasteiger charge is -2.21. The quantitative estimate of drug-likeness (QED) is 0.761. The van der Waals surface area contributed by atoms with Crippen LogP contribution in [0, 0.1) is 5.92 Å². The van der Waals surface area contributed by atoms with Gasteiger partial charge in [-0.15, -0.1) is 0 Å². The largest absolute Gasteiger partial charge is 0.313 e. The first-order valence-electron chi connectivity index (χ1n) is 6.20. The van der Waals surface area contributed by atoms with E-state index in [1.54, 1.807) is 0 Å². The molecule has 1 aromatic rings. The molecular weight excluding hydrogens is 298 g/mol. The van der Waals surface area contributed by atoms with Gasteiger partial charge in [0.2, 0.25) is 0 Å². The molecule has 17 heavy (non-hydrogen) atoms. The summed E-state index contributed by atoms with van der Waals surface area (Å²) in [6.45, 7) is 4.55. The van der Waals surface area contributed by atoms with E-state index in [0.29, 0.717) is 6.04 Å². The van der Waals surface area contributed by atoms with Crippen LogP contribution in [0.25, 0.3) is 0 Å². The van der Waals surface area contributed by atoms with E-state index < -0.39 is 0 Å². The molecule has 0 spiro atoms. The van der Waals surface area contributed by atoms with Crippen molar-refractivity contribution in [1.82, 2.24) is 5.32 Å². The SMILES string of the molecule is CCCC(C)CC(NC)c1ccc(Br)c(Cl)c1. The van der Waals surface area contributed by atoms with E-state index in [1.165, 1.54) is 18.4 Å². The Morgan fingerprint density at radius 2 is 2.12 bits per heavy atom. The van der Waals surface area contributed by atoms with E-state index in [9.17, 15) is 0 Å². The van der Waals surface area contributed by atoms with Crippen molar-refractivity contribution >= 4 is 27.5 Å². The van der Waals surface area contributed by atoms with Gasteiger partial charge in [0.15, 0.2) is 0 Å². The maximum absolute atomic E-state index is 6.14. The Morgan fingerprint density at radius 1 is 1.41 bits per heavy atom. The van der Waals surface area contributed by atoms with E-state index in [4.69, 9.17) is 11.6 Å². The van der Waals surface area contributed by atoms with Crippen LogP contribution < -0.4 is 5.32 Å². The Morgan fingerprint density at radius 3 is 2.65 bits per heavy atom. The molecule has 0 aliphatic heterocycles. The van der Waals surface area contributed by atoms with E-state index >= 15 is 0 Å². The third-order valence-electron chi connectivity index (χ3n) is 3.11. The summed E-state index contributed by atoms with van der Waals surface area (Å²) in [5, 5.41) is 4.16. The van der Waals surface area contributed by atoms with E-state index in [2.05, 4.69) is 41.2 Å². The molecule has 2 atom stereocenters. The highest BCUT2D eigenvalue weighted by Crippen LogP contribution is 2.29. The molecule has 1 N–H and O–H groups in total. The lowest BCUT2D eigenvalue weighted by Crippen LogP contribution is -2.19. The van der Waals surface area contributed by atoms with Crippen LogP contribution in [0.4, 0.5) is 0 Å². The van der Waals surface area contributed by atoms with E-state index in [0.717, 1.165) is 21.8 Å². The zero-order valence-electron chi connectivity index (χ0n) is 10.8. The fourth-order valence-electron chi connectivity index (χ4n) is 2.16. The summed E-state index contributed by atoms with van der Waals surface area (Å²) in [4.78, 5) is 0. The molecule has 0 bridgehead atoms. The second kappa shape index (κ2) is 7.40. The van der Waals surface area contributed by atoms with Crippen LogP contribution in [0.3, 0.4) is 0 Å². The van der Waals surface area contributed by atoms with Crippen molar-refractivity contribution < 1.29 is 0 Å². The fraction of sp³-hybridized carbons (Fsp3) is 0.571. The van der Waals surface area contributed by atoms with E-state index in [-0.39, 0.29) is 0 Å². The Labute approximate surface area is 118 Å². The molecule has 0 heterocycles. The van der Waals surface area contributed by atoms with Gasteiger partial charge in [-0.05, 0) is 53.0 Å². The lowest BCUT2D eigenvalue weighted by molar-refractivity contribution is 0.407. The van der Waals surface area contributed by atoms with Crippen LogP contribution >= 0.6 is 27.5 Å². The molecule has 0 radical (unpaired) electrons. The summed E-state index contributed by atoms with van der Waals surface area (Å²) < 4.78 is 0.958. The first-order valence-corrected chi connectivity index (χ1v) is 7.37. The van der Waals surface area contributed by atoms with Crippen molar-refractivity contribution in [3.63, 3.8) is 0 Å². The number of hydrogen-bond acceptors (Lipinski definition) is 1. The molecule has 0 aliphatic rings. The first kappa shape index (κ1) is 15.0. The topological polar surface area (TPSA) is 12.0 Å². The van der Waals surface area contributed by atoms with Crippen molar-refractivity contribution in [2.75, 3.05) is 7.05 Å². The van der Waals surface area contributed by atoms with Crippen molar-refractivity contribution in [2.45, 2.75) is 39.2 Å². The Bertz CT molecular complexity index is 354. The third-order valence-corrected chi connectivity index (χ3v) is 4.35. The zero-order chi connectivity index (χ0) is 12.8. The summed E-state index contributed by atoms with van der Waals surface area (Å²) in [5.74, 6) is 0.736. The van der Waals surface area contributed by atoms with Gasteiger partial charge in [-0.2, -0.15) is 0 Å². The van der Waals surface area contributed by atoms with Crippen LogP contribution in [0.15, 0.2) is 22.7 Å². The predicted molar refractivity (Wildman–Crippen MR) is 79.6 cm³/mol. The summed E-state index contributed by atoms with van der Waals surface area (Å²) >= 11 is 9.56. The van der Waals surface area contributed by atoms with Gasteiger partial charge in [0.1, 0.15) is 0 Å². The van der Waals surface area contributed by atoms with Crippen molar-refractivity contribution in [1.29, 1.82) is 0 Å². The molecule has 1 rings (SSSR count). The molecule has 0 saturated carbocycles. The molecule has 0 aromatic heterocycles. The smallest absolute Gasteiger partial charge is 0.0551 e. The lowest BCUT2D eigenvalue weighted by atomic mass is 9.93. The number of rotatable bonds is 6. The van der Waals surface area contributed by atoms with Crippen LogP contribution in [-0.4, -0.2) is 7.05 Å². The minimum Gasteiger partial charge on any atom is -0.313 e. The highest BCUT2D eigenvalue weighted by Gasteiger charge is 2.14. The van der Waals surface area contributed by atoms with Gasteiger partial charge < -0.3 is 5.32 Å². The van der Waals surface area contributed by atoms with Gasteiger partial charge in [0.05, 0.1) is 5.02 Å². The van der Waals surface area contributed by atoms with Gasteiger partial charge in [0, 0.05) is 10.5 Å². The summed E-state index contributed by atoms with van der Waals surface area (Å²) in [6.07, 6.45) is 3.68. The molecular formula is C14H21BrClN. The van der Waals surface area contributed by atoms with Crippen LogP contribution in [0.5, 0.6) is 0 Å². The third kappa shape index (κ3) is 4.61. The van der Waals surface area contributed by atoms with Gasteiger partial charge >= 0.3 is 0 Å². The standard InChI is InChI=1S/C14H21BrClN/c1-4-5-10(2)8-14(17-3)11-6-7-12(15)13(16)9-11/h6-7,9-10,14,17H,4-5,8H2,1-3H3. The second-order valence-corrected chi connectivity index (χ2v) is 5.91. The van der Waals surface area contributed by atoms with Crippen molar-refractivity contribution in [2.24, 2.45) is 5.92 Å². The van der Waals surface area contributed by atoms with Crippen LogP contribution in [0.1, 0.15) is 44.7 Å². The average molecular weight is 319 g/mol. The molecule has 0 aliphatic carbocycles. The monoisotopic (exact) mass is 317 g/mol. The molecule has 1 nitrogen and oxygen atoms in total. The van der Waals surface area contributed by atoms with Crippen LogP contribution in [0.2, 0.25) is 5.02 Å². The number of nitrogens with one attached hydrogen (secondary N) is 1. The Balaban J connectivity index is 2.75. The van der Waals surface area contributed by atoms with Crippen molar-refractivity contribution in [3.05, 3.63) is 33.3 Å². The second-order valence-electron chi connectivity index (χ2n) is 4.64. The van der Waals surface area contributed by atoms with Crippen LogP contribution in [-0.2, 0) is 0 Å². The van der Waals surface area contributed by atoms with Gasteiger partial charge in [-0.1, -0.05) is 44.4 Å². The fourth-order valence-corrected chi connectivity index (χ4v) is 2.60. The molecule has 96 valence electrons. The molecule has 2 unspecified atom stereocenters. The summed E-state index contributed by atoms with van der Waals surface area (Å²) in [7, 11) is 2.01. The van der Waals surface area contributed by atoms with Gasteiger partial charge in [-0.25, -0.2) is 0 Å². The normalized spacial score (nSPS) is 14.6. The number of halogens is 2.